The summed E-state index contributed by atoms with van der Waals surface area (Å²) in [6.45, 7) is 3.54. The van der Waals surface area contributed by atoms with Crippen molar-refractivity contribution in [3.05, 3.63) is 65.6 Å². The quantitative estimate of drug-likeness (QED) is 0.666. The van der Waals surface area contributed by atoms with E-state index in [0.29, 0.717) is 42.2 Å². The number of β-amino-alcohol motifs (C(OH)–C–C–N with tert-alkyl or cyclic N) is 1. The molecule has 1 aromatic heterocycles. The third kappa shape index (κ3) is 4.17. The average Bonchev–Trinajstić information content (AvgIpc) is 3.05. The smallest absolute Gasteiger partial charge is 0.278 e. The summed E-state index contributed by atoms with van der Waals surface area (Å²) >= 11 is 0. The van der Waals surface area contributed by atoms with E-state index >= 15 is 0 Å². The van der Waals surface area contributed by atoms with Gasteiger partial charge in [-0.25, -0.2) is 0 Å². The highest BCUT2D eigenvalue weighted by Crippen LogP contribution is 2.37. The fraction of sp³-hybridized carbons (Fsp3) is 0.348. The predicted octanol–water partition coefficient (Wildman–Crippen LogP) is 0.980. The normalized spacial score (nSPS) is 17.6. The molecule has 1 fully saturated rings. The molecule has 0 radical (unpaired) electrons. The number of rotatable bonds is 7. The number of aliphatic hydroxyl groups excluding tert-OH is 1. The van der Waals surface area contributed by atoms with Gasteiger partial charge < -0.3 is 14.7 Å². The molecule has 8 heteroatoms. The first-order valence-corrected chi connectivity index (χ1v) is 10.3. The molecule has 4 rings (SSSR count). The lowest BCUT2D eigenvalue weighted by molar-refractivity contribution is -0.138. The number of benzene rings is 1. The zero-order valence-electron chi connectivity index (χ0n) is 17.5. The largest absolute Gasteiger partial charge is 0.496 e. The molecule has 2 aromatic rings. The minimum absolute atomic E-state index is 0.103. The summed E-state index contributed by atoms with van der Waals surface area (Å²) < 4.78 is 5.50. The van der Waals surface area contributed by atoms with Crippen LogP contribution in [0.25, 0.3) is 5.57 Å². The number of carbonyl (C=O) groups is 2. The molecule has 0 atom stereocenters. The van der Waals surface area contributed by atoms with Crippen molar-refractivity contribution in [2.75, 3.05) is 46.4 Å². The standard InChI is InChI=1S/C23H26N4O4/c1-31-19-5-3-2-4-18(19)20-21(26-12-10-25(11-13-26)14-15-28)23(30)27(22(20)29)16-17-6-8-24-9-7-17/h2-9,28H,10-16H2,1H3. The van der Waals surface area contributed by atoms with Crippen LogP contribution in [0.2, 0.25) is 0 Å². The summed E-state index contributed by atoms with van der Waals surface area (Å²) in [5.41, 5.74) is 2.26. The summed E-state index contributed by atoms with van der Waals surface area (Å²) in [6, 6.07) is 10.9. The van der Waals surface area contributed by atoms with E-state index in [1.54, 1.807) is 37.7 Å². The third-order valence-electron chi connectivity index (χ3n) is 5.71. The number of aromatic nitrogens is 1. The van der Waals surface area contributed by atoms with Crippen LogP contribution < -0.4 is 4.74 Å². The van der Waals surface area contributed by atoms with E-state index in [4.69, 9.17) is 4.74 Å². The molecule has 0 bridgehead atoms. The molecule has 1 N–H and O–H groups in total. The zero-order chi connectivity index (χ0) is 21.8. The Balaban J connectivity index is 1.71. The van der Waals surface area contributed by atoms with Gasteiger partial charge in [0.15, 0.2) is 0 Å². The van der Waals surface area contributed by atoms with Gasteiger partial charge in [0.05, 0.1) is 25.8 Å². The van der Waals surface area contributed by atoms with Crippen molar-refractivity contribution in [1.29, 1.82) is 0 Å². The number of aliphatic hydroxyl groups is 1. The summed E-state index contributed by atoms with van der Waals surface area (Å²) in [5, 5.41) is 9.21. The highest BCUT2D eigenvalue weighted by Gasteiger charge is 2.42. The Hall–Kier alpha value is -3.23. The van der Waals surface area contributed by atoms with Gasteiger partial charge in [-0.15, -0.1) is 0 Å². The van der Waals surface area contributed by atoms with Crippen LogP contribution in [0.1, 0.15) is 11.1 Å². The topological polar surface area (TPSA) is 86.2 Å². The molecule has 2 amide bonds. The van der Waals surface area contributed by atoms with Crippen LogP contribution in [-0.4, -0.2) is 83.0 Å². The first-order chi connectivity index (χ1) is 15.1. The molecule has 31 heavy (non-hydrogen) atoms. The summed E-state index contributed by atoms with van der Waals surface area (Å²) in [5.74, 6) is -0.0572. The Labute approximate surface area is 181 Å². The second-order valence-electron chi connectivity index (χ2n) is 7.53. The molecular weight excluding hydrogens is 396 g/mol. The van der Waals surface area contributed by atoms with Crippen molar-refractivity contribution in [2.24, 2.45) is 0 Å². The second-order valence-corrected chi connectivity index (χ2v) is 7.53. The van der Waals surface area contributed by atoms with Crippen LogP contribution in [0.15, 0.2) is 54.5 Å². The molecule has 0 aliphatic carbocycles. The predicted molar refractivity (Wildman–Crippen MR) is 115 cm³/mol. The minimum atomic E-state index is -0.320. The first kappa shape index (κ1) is 21.0. The van der Waals surface area contributed by atoms with E-state index < -0.39 is 0 Å². The number of hydrogen-bond donors (Lipinski definition) is 1. The summed E-state index contributed by atoms with van der Waals surface area (Å²) in [7, 11) is 1.56. The maximum Gasteiger partial charge on any atom is 0.278 e. The van der Waals surface area contributed by atoms with Crippen molar-refractivity contribution in [3.63, 3.8) is 0 Å². The number of amides is 2. The van der Waals surface area contributed by atoms with Crippen LogP contribution in [0.3, 0.4) is 0 Å². The van der Waals surface area contributed by atoms with E-state index in [-0.39, 0.29) is 25.0 Å². The van der Waals surface area contributed by atoms with Gasteiger partial charge in [0.1, 0.15) is 11.4 Å². The average molecular weight is 422 g/mol. The molecule has 8 nitrogen and oxygen atoms in total. The van der Waals surface area contributed by atoms with Gasteiger partial charge in [0.2, 0.25) is 0 Å². The third-order valence-corrected chi connectivity index (χ3v) is 5.71. The number of ether oxygens (including phenoxy) is 1. The van der Waals surface area contributed by atoms with Crippen LogP contribution in [0, 0.1) is 0 Å². The summed E-state index contributed by atoms with van der Waals surface area (Å²) in [6.07, 6.45) is 3.30. The van der Waals surface area contributed by atoms with Gasteiger partial charge in [-0.2, -0.15) is 0 Å². The van der Waals surface area contributed by atoms with Crippen LogP contribution in [0.4, 0.5) is 0 Å². The number of carbonyl (C=O) groups excluding carboxylic acids is 2. The maximum absolute atomic E-state index is 13.5. The molecule has 1 saturated heterocycles. The van der Waals surface area contributed by atoms with Crippen LogP contribution >= 0.6 is 0 Å². The van der Waals surface area contributed by atoms with E-state index in [2.05, 4.69) is 9.88 Å². The van der Waals surface area contributed by atoms with Gasteiger partial charge in [0, 0.05) is 50.7 Å². The monoisotopic (exact) mass is 422 g/mol. The number of hydrogen-bond acceptors (Lipinski definition) is 7. The Kier molecular flexibility index (Phi) is 6.29. The number of para-hydroxylation sites is 1. The van der Waals surface area contributed by atoms with Crippen molar-refractivity contribution in [2.45, 2.75) is 6.54 Å². The lowest BCUT2D eigenvalue weighted by Crippen LogP contribution is -2.48. The van der Waals surface area contributed by atoms with Crippen molar-refractivity contribution >= 4 is 17.4 Å². The zero-order valence-corrected chi connectivity index (χ0v) is 17.5. The summed E-state index contributed by atoms with van der Waals surface area (Å²) in [4.78, 5) is 36.5. The molecular formula is C23H26N4O4. The number of pyridine rings is 1. The highest BCUT2D eigenvalue weighted by atomic mass is 16.5. The van der Waals surface area contributed by atoms with Crippen molar-refractivity contribution < 1.29 is 19.4 Å². The second kappa shape index (κ2) is 9.28. The molecule has 0 unspecified atom stereocenters. The fourth-order valence-corrected chi connectivity index (χ4v) is 4.10. The van der Waals surface area contributed by atoms with E-state index in [9.17, 15) is 14.7 Å². The van der Waals surface area contributed by atoms with Gasteiger partial charge in [-0.05, 0) is 23.8 Å². The highest BCUT2D eigenvalue weighted by molar-refractivity contribution is 6.35. The van der Waals surface area contributed by atoms with Gasteiger partial charge >= 0.3 is 0 Å². The minimum Gasteiger partial charge on any atom is -0.496 e. The Bertz CT molecular complexity index is 984. The number of piperazine rings is 1. The van der Waals surface area contributed by atoms with Gasteiger partial charge in [-0.3, -0.25) is 24.4 Å². The van der Waals surface area contributed by atoms with Crippen molar-refractivity contribution in [1.82, 2.24) is 19.7 Å². The molecule has 162 valence electrons. The molecule has 1 aromatic carbocycles. The molecule has 0 spiro atoms. The lowest BCUT2D eigenvalue weighted by Gasteiger charge is -2.36. The number of nitrogens with zero attached hydrogens (tertiary/aromatic N) is 4. The van der Waals surface area contributed by atoms with Crippen LogP contribution in [-0.2, 0) is 16.1 Å². The molecule has 2 aliphatic rings. The van der Waals surface area contributed by atoms with E-state index in [1.165, 1.54) is 4.90 Å². The molecule has 0 saturated carbocycles. The Morgan fingerprint density at radius 3 is 2.39 bits per heavy atom. The van der Waals surface area contributed by atoms with Gasteiger partial charge in [0.25, 0.3) is 11.8 Å². The van der Waals surface area contributed by atoms with Crippen LogP contribution in [0.5, 0.6) is 5.75 Å². The SMILES string of the molecule is COc1ccccc1C1=C(N2CCN(CCO)CC2)C(=O)N(Cc2ccncc2)C1=O. The number of methoxy groups -OCH3 is 1. The van der Waals surface area contributed by atoms with E-state index in [1.807, 2.05) is 23.1 Å². The Morgan fingerprint density at radius 2 is 1.71 bits per heavy atom. The van der Waals surface area contributed by atoms with Crippen molar-refractivity contribution in [3.8, 4) is 5.75 Å². The number of imide groups is 1. The molecule has 2 aliphatic heterocycles. The van der Waals surface area contributed by atoms with Gasteiger partial charge in [-0.1, -0.05) is 18.2 Å². The Morgan fingerprint density at radius 1 is 1.00 bits per heavy atom. The van der Waals surface area contributed by atoms with E-state index in [0.717, 1.165) is 18.7 Å². The lowest BCUT2D eigenvalue weighted by atomic mass is 10.0. The maximum atomic E-state index is 13.5. The first-order valence-electron chi connectivity index (χ1n) is 10.3. The molecule has 3 heterocycles. The fourth-order valence-electron chi connectivity index (χ4n) is 4.10.